The van der Waals surface area contributed by atoms with Crippen LogP contribution in [0.3, 0.4) is 0 Å². The third-order valence-corrected chi connectivity index (χ3v) is 7.24. The molecular weight excluding hydrogens is 533 g/mol. The predicted octanol–water partition coefficient (Wildman–Crippen LogP) is 3.95. The summed E-state index contributed by atoms with van der Waals surface area (Å²) >= 11 is 1.34. The first-order valence-corrected chi connectivity index (χ1v) is 14.1. The van der Waals surface area contributed by atoms with E-state index < -0.39 is 11.9 Å². The van der Waals surface area contributed by atoms with E-state index in [0.29, 0.717) is 49.5 Å². The lowest BCUT2D eigenvalue weighted by molar-refractivity contribution is -0.119. The van der Waals surface area contributed by atoms with Crippen molar-refractivity contribution in [2.75, 3.05) is 56.7 Å². The number of carbonyl (C=O) groups excluding carboxylic acids is 1. The van der Waals surface area contributed by atoms with Crippen LogP contribution in [0.5, 0.6) is 5.75 Å². The van der Waals surface area contributed by atoms with Gasteiger partial charge in [0, 0.05) is 36.8 Å². The second-order valence-electron chi connectivity index (χ2n) is 9.85. The molecule has 1 aromatic heterocycles. The minimum atomic E-state index is -0.621. The molecule has 0 aliphatic carbocycles. The summed E-state index contributed by atoms with van der Waals surface area (Å²) in [5, 5.41) is 3.51. The normalized spacial score (nSPS) is 14.6. The summed E-state index contributed by atoms with van der Waals surface area (Å²) < 4.78 is 24.7. The molecule has 4 rings (SSSR count). The van der Waals surface area contributed by atoms with E-state index in [1.54, 1.807) is 19.2 Å². The van der Waals surface area contributed by atoms with Crippen molar-refractivity contribution >= 4 is 35.3 Å². The molecule has 0 bridgehead atoms. The number of nitrogens with one attached hydrogen (secondary N) is 1. The smallest absolute Gasteiger partial charge is 0.240 e. The zero-order valence-electron chi connectivity index (χ0n) is 23.0. The van der Waals surface area contributed by atoms with Crippen LogP contribution >= 0.6 is 11.8 Å². The Balaban J connectivity index is 1.72. The maximum Gasteiger partial charge on any atom is 0.240 e. The van der Waals surface area contributed by atoms with Crippen molar-refractivity contribution in [3.63, 3.8) is 0 Å². The number of nitrogens with two attached hydrogens (primary N) is 1. The number of aromatic nitrogens is 3. The first kappa shape index (κ1) is 29.5. The molecule has 12 heteroatoms. The molecule has 214 valence electrons. The maximum atomic E-state index is 13.9. The molecule has 2 heterocycles. The standard InChI is InChI=1S/C28H36FN7O3S/c1-19(2)17-24(25(30)37)36(12-11-35-13-15-39-16-14-35)27-32-26(31-21-6-4-5-20(29)18-21)33-28(34-27)40-23-9-7-22(38-3)8-10-23/h4-10,18-19,24H,11-17H2,1-3H3,(H2,30,37)(H,31,32,33,34)/t24-/m0/s1. The molecule has 0 radical (unpaired) electrons. The first-order chi connectivity index (χ1) is 19.3. The van der Waals surface area contributed by atoms with Gasteiger partial charge in [0.05, 0.1) is 20.3 Å². The lowest BCUT2D eigenvalue weighted by Gasteiger charge is -2.34. The first-order valence-electron chi connectivity index (χ1n) is 13.3. The molecule has 1 fully saturated rings. The van der Waals surface area contributed by atoms with Crippen LogP contribution in [-0.4, -0.2) is 78.3 Å². The number of ether oxygens (including phenoxy) is 2. The summed E-state index contributed by atoms with van der Waals surface area (Å²) in [6, 6.07) is 13.0. The number of hydrogen-bond acceptors (Lipinski definition) is 10. The quantitative estimate of drug-likeness (QED) is 0.313. The van der Waals surface area contributed by atoms with Gasteiger partial charge in [-0.15, -0.1) is 0 Å². The van der Waals surface area contributed by atoms with Gasteiger partial charge in [0.2, 0.25) is 17.8 Å². The van der Waals surface area contributed by atoms with E-state index in [9.17, 15) is 9.18 Å². The van der Waals surface area contributed by atoms with Crippen molar-refractivity contribution in [2.24, 2.45) is 11.7 Å². The van der Waals surface area contributed by atoms with Gasteiger partial charge in [0.15, 0.2) is 5.16 Å². The molecule has 3 N–H and O–H groups in total. The second kappa shape index (κ2) is 14.2. The number of carbonyl (C=O) groups is 1. The number of nitrogens with zero attached hydrogens (tertiary/aromatic N) is 5. The van der Waals surface area contributed by atoms with E-state index in [-0.39, 0.29) is 17.7 Å². The predicted molar refractivity (Wildman–Crippen MR) is 154 cm³/mol. The maximum absolute atomic E-state index is 13.9. The van der Waals surface area contributed by atoms with Gasteiger partial charge < -0.3 is 25.4 Å². The van der Waals surface area contributed by atoms with Gasteiger partial charge in [0.25, 0.3) is 0 Å². The van der Waals surface area contributed by atoms with Gasteiger partial charge in [-0.05, 0) is 66.6 Å². The Hall–Kier alpha value is -3.48. The number of anilines is 3. The number of hydrogen-bond donors (Lipinski definition) is 2. The zero-order valence-corrected chi connectivity index (χ0v) is 23.9. The van der Waals surface area contributed by atoms with Crippen LogP contribution in [0.25, 0.3) is 0 Å². The molecule has 0 saturated carbocycles. The molecule has 1 aliphatic rings. The topological polar surface area (TPSA) is 119 Å². The summed E-state index contributed by atoms with van der Waals surface area (Å²) in [5.41, 5.74) is 6.43. The number of primary amides is 1. The molecule has 10 nitrogen and oxygen atoms in total. The van der Waals surface area contributed by atoms with Crippen LogP contribution in [0.15, 0.2) is 58.6 Å². The van der Waals surface area contributed by atoms with Gasteiger partial charge in [0.1, 0.15) is 17.6 Å². The highest BCUT2D eigenvalue weighted by Crippen LogP contribution is 2.30. The zero-order chi connectivity index (χ0) is 28.5. The lowest BCUT2D eigenvalue weighted by atomic mass is 10.0. The summed E-state index contributed by atoms with van der Waals surface area (Å²) in [5.74, 6) is 0.674. The van der Waals surface area contributed by atoms with Crippen LogP contribution in [0.4, 0.5) is 22.0 Å². The van der Waals surface area contributed by atoms with Gasteiger partial charge in [-0.2, -0.15) is 15.0 Å². The molecule has 3 aromatic rings. The van der Waals surface area contributed by atoms with Gasteiger partial charge in [-0.1, -0.05) is 19.9 Å². The fourth-order valence-corrected chi connectivity index (χ4v) is 5.08. The molecule has 2 aromatic carbocycles. The van der Waals surface area contributed by atoms with E-state index in [1.165, 1.54) is 23.9 Å². The Morgan fingerprint density at radius 2 is 1.93 bits per heavy atom. The Kier molecular flexibility index (Phi) is 10.5. The van der Waals surface area contributed by atoms with E-state index in [1.807, 2.05) is 43.0 Å². The van der Waals surface area contributed by atoms with E-state index >= 15 is 0 Å². The van der Waals surface area contributed by atoms with Crippen molar-refractivity contribution in [1.82, 2.24) is 19.9 Å². The molecule has 1 saturated heterocycles. The second-order valence-corrected chi connectivity index (χ2v) is 10.9. The SMILES string of the molecule is COc1ccc(Sc2nc(Nc3cccc(F)c3)nc(N(CCN3CCOCC3)[C@@H](CC(C)C)C(N)=O)n2)cc1. The lowest BCUT2D eigenvalue weighted by Crippen LogP contribution is -2.50. The third kappa shape index (κ3) is 8.51. The Morgan fingerprint density at radius 3 is 2.58 bits per heavy atom. The number of amides is 1. The van der Waals surface area contributed by atoms with Gasteiger partial charge >= 0.3 is 0 Å². The van der Waals surface area contributed by atoms with E-state index in [0.717, 1.165) is 23.7 Å². The van der Waals surface area contributed by atoms with Gasteiger partial charge in [-0.25, -0.2) is 4.39 Å². The Morgan fingerprint density at radius 1 is 1.18 bits per heavy atom. The summed E-state index contributed by atoms with van der Waals surface area (Å²) in [7, 11) is 1.61. The highest BCUT2D eigenvalue weighted by atomic mass is 32.2. The number of halogens is 1. The summed E-state index contributed by atoms with van der Waals surface area (Å²) in [6.07, 6.45) is 0.539. The third-order valence-electron chi connectivity index (χ3n) is 6.37. The molecular formula is C28H36FN7O3S. The van der Waals surface area contributed by atoms with Crippen molar-refractivity contribution in [2.45, 2.75) is 36.4 Å². The van der Waals surface area contributed by atoms with Crippen molar-refractivity contribution in [3.05, 3.63) is 54.3 Å². The average molecular weight is 570 g/mol. The van der Waals surface area contributed by atoms with Crippen LogP contribution in [0, 0.1) is 11.7 Å². The van der Waals surface area contributed by atoms with Crippen molar-refractivity contribution < 1.29 is 18.7 Å². The largest absolute Gasteiger partial charge is 0.497 e. The van der Waals surface area contributed by atoms with Crippen molar-refractivity contribution in [3.8, 4) is 5.75 Å². The molecule has 40 heavy (non-hydrogen) atoms. The molecule has 0 spiro atoms. The molecule has 1 atom stereocenters. The number of methoxy groups -OCH3 is 1. The summed E-state index contributed by atoms with van der Waals surface area (Å²) in [4.78, 5) is 31.9. The summed E-state index contributed by atoms with van der Waals surface area (Å²) in [6.45, 7) is 8.21. The molecule has 0 unspecified atom stereocenters. The highest BCUT2D eigenvalue weighted by molar-refractivity contribution is 7.99. The van der Waals surface area contributed by atoms with Crippen LogP contribution in [-0.2, 0) is 9.53 Å². The fourth-order valence-electron chi connectivity index (χ4n) is 4.33. The Labute approximate surface area is 238 Å². The van der Waals surface area contributed by atoms with Crippen molar-refractivity contribution in [1.29, 1.82) is 0 Å². The minimum Gasteiger partial charge on any atom is -0.497 e. The Bertz CT molecular complexity index is 1260. The van der Waals surface area contributed by atoms with Crippen LogP contribution in [0.2, 0.25) is 0 Å². The van der Waals surface area contributed by atoms with E-state index in [2.05, 4.69) is 20.2 Å². The minimum absolute atomic E-state index is 0.211. The average Bonchev–Trinajstić information content (AvgIpc) is 2.93. The van der Waals surface area contributed by atoms with Crippen LogP contribution < -0.4 is 20.7 Å². The van der Waals surface area contributed by atoms with E-state index in [4.69, 9.17) is 20.2 Å². The highest BCUT2D eigenvalue weighted by Gasteiger charge is 2.29. The monoisotopic (exact) mass is 569 g/mol. The fraction of sp³-hybridized carbons (Fsp3) is 0.429. The molecule has 1 amide bonds. The van der Waals surface area contributed by atoms with Gasteiger partial charge in [-0.3, -0.25) is 9.69 Å². The number of morpholine rings is 1. The number of benzene rings is 2. The molecule has 1 aliphatic heterocycles. The van der Waals surface area contributed by atoms with Crippen LogP contribution in [0.1, 0.15) is 20.3 Å². The number of rotatable bonds is 13.